The molecule has 1 unspecified atom stereocenters. The van der Waals surface area contributed by atoms with Crippen molar-refractivity contribution in [2.45, 2.75) is 64.6 Å². The SMILES string of the molecule is Cc1c(CC(=O)C2CNCCO2)cc(Cl)cc1CN1CCN(C(=O)C2CCCC2)[C@@H](C)C1. The summed E-state index contributed by atoms with van der Waals surface area (Å²) < 4.78 is 5.63. The number of halogens is 1. The number of ether oxygens (including phenoxy) is 1. The van der Waals surface area contributed by atoms with E-state index in [9.17, 15) is 9.59 Å². The predicted octanol–water partition coefficient (Wildman–Crippen LogP) is 2.97. The molecule has 1 amide bonds. The fourth-order valence-electron chi connectivity index (χ4n) is 5.37. The summed E-state index contributed by atoms with van der Waals surface area (Å²) in [5.41, 5.74) is 3.27. The number of carbonyl (C=O) groups is 2. The van der Waals surface area contributed by atoms with Crippen LogP contribution in [0.4, 0.5) is 0 Å². The van der Waals surface area contributed by atoms with Crippen molar-refractivity contribution in [3.63, 3.8) is 0 Å². The van der Waals surface area contributed by atoms with Gasteiger partial charge in [-0.2, -0.15) is 0 Å². The van der Waals surface area contributed by atoms with Crippen molar-refractivity contribution in [2.24, 2.45) is 5.92 Å². The van der Waals surface area contributed by atoms with Crippen molar-refractivity contribution < 1.29 is 14.3 Å². The number of piperazine rings is 1. The number of carbonyl (C=O) groups excluding carboxylic acids is 2. The van der Waals surface area contributed by atoms with Crippen LogP contribution >= 0.6 is 11.6 Å². The van der Waals surface area contributed by atoms with Crippen LogP contribution in [0, 0.1) is 12.8 Å². The van der Waals surface area contributed by atoms with Gasteiger partial charge in [0.15, 0.2) is 5.78 Å². The summed E-state index contributed by atoms with van der Waals surface area (Å²) in [6, 6.07) is 4.15. The van der Waals surface area contributed by atoms with E-state index >= 15 is 0 Å². The Labute approximate surface area is 196 Å². The Balaban J connectivity index is 1.38. The van der Waals surface area contributed by atoms with Gasteiger partial charge in [0.05, 0.1) is 6.61 Å². The highest BCUT2D eigenvalue weighted by atomic mass is 35.5. The van der Waals surface area contributed by atoms with E-state index in [2.05, 4.69) is 29.0 Å². The Morgan fingerprint density at radius 1 is 1.19 bits per heavy atom. The molecule has 7 heteroatoms. The van der Waals surface area contributed by atoms with Gasteiger partial charge in [0.2, 0.25) is 5.91 Å². The second kappa shape index (κ2) is 10.6. The summed E-state index contributed by atoms with van der Waals surface area (Å²) in [5, 5.41) is 3.89. The van der Waals surface area contributed by atoms with Gasteiger partial charge in [-0.3, -0.25) is 14.5 Å². The van der Waals surface area contributed by atoms with Gasteiger partial charge in [0.25, 0.3) is 0 Å². The molecule has 4 rings (SSSR count). The first-order valence-electron chi connectivity index (χ1n) is 12.1. The van der Waals surface area contributed by atoms with Gasteiger partial charge in [-0.25, -0.2) is 0 Å². The molecular formula is C25H36ClN3O3. The Hall–Kier alpha value is -1.47. The van der Waals surface area contributed by atoms with E-state index < -0.39 is 0 Å². The predicted molar refractivity (Wildman–Crippen MR) is 126 cm³/mol. The Morgan fingerprint density at radius 2 is 1.94 bits per heavy atom. The topological polar surface area (TPSA) is 61.9 Å². The number of nitrogens with one attached hydrogen (secondary N) is 1. The molecule has 2 atom stereocenters. The summed E-state index contributed by atoms with van der Waals surface area (Å²) in [4.78, 5) is 30.1. The molecule has 2 saturated heterocycles. The molecular weight excluding hydrogens is 426 g/mol. The van der Waals surface area contributed by atoms with Crippen LogP contribution in [0.15, 0.2) is 12.1 Å². The van der Waals surface area contributed by atoms with Crippen molar-refractivity contribution in [1.82, 2.24) is 15.1 Å². The Bertz CT molecular complexity index is 834. The van der Waals surface area contributed by atoms with Crippen LogP contribution < -0.4 is 5.32 Å². The molecule has 1 saturated carbocycles. The second-order valence-corrected chi connectivity index (χ2v) is 10.1. The lowest BCUT2D eigenvalue weighted by atomic mass is 9.96. The number of nitrogens with zero attached hydrogens (tertiary/aromatic N) is 2. The molecule has 176 valence electrons. The zero-order valence-electron chi connectivity index (χ0n) is 19.4. The van der Waals surface area contributed by atoms with Gasteiger partial charge in [-0.05, 0) is 55.5 Å². The van der Waals surface area contributed by atoms with Gasteiger partial charge in [0.1, 0.15) is 6.10 Å². The monoisotopic (exact) mass is 461 g/mol. The highest BCUT2D eigenvalue weighted by Gasteiger charge is 2.33. The number of rotatable bonds is 6. The molecule has 1 N–H and O–H groups in total. The molecule has 32 heavy (non-hydrogen) atoms. The third-order valence-electron chi connectivity index (χ3n) is 7.33. The fraction of sp³-hybridized carbons (Fsp3) is 0.680. The average molecular weight is 462 g/mol. The molecule has 2 aliphatic heterocycles. The molecule has 1 aromatic rings. The molecule has 2 heterocycles. The van der Waals surface area contributed by atoms with Crippen LogP contribution in [0.3, 0.4) is 0 Å². The minimum Gasteiger partial charge on any atom is -0.368 e. The normalized spacial score (nSPS) is 25.3. The molecule has 1 aliphatic carbocycles. The van der Waals surface area contributed by atoms with E-state index in [0.717, 1.165) is 62.3 Å². The van der Waals surface area contributed by atoms with Crippen LogP contribution in [0.2, 0.25) is 5.02 Å². The first-order valence-corrected chi connectivity index (χ1v) is 12.5. The van der Waals surface area contributed by atoms with Gasteiger partial charge < -0.3 is 15.0 Å². The molecule has 0 bridgehead atoms. The molecule has 1 aromatic carbocycles. The van der Waals surface area contributed by atoms with Gasteiger partial charge in [0, 0.05) is 62.7 Å². The lowest BCUT2D eigenvalue weighted by Gasteiger charge is -2.41. The Kier molecular flexibility index (Phi) is 7.87. The Morgan fingerprint density at radius 3 is 2.62 bits per heavy atom. The van der Waals surface area contributed by atoms with E-state index in [1.54, 1.807) is 0 Å². The second-order valence-electron chi connectivity index (χ2n) is 9.65. The first-order chi connectivity index (χ1) is 15.4. The molecule has 0 spiro atoms. The maximum Gasteiger partial charge on any atom is 0.226 e. The number of hydrogen-bond acceptors (Lipinski definition) is 5. The van der Waals surface area contributed by atoms with Crippen LogP contribution in [0.5, 0.6) is 0 Å². The third-order valence-corrected chi connectivity index (χ3v) is 7.55. The lowest BCUT2D eigenvalue weighted by Crippen LogP contribution is -2.54. The number of amides is 1. The van der Waals surface area contributed by atoms with Gasteiger partial charge >= 0.3 is 0 Å². The van der Waals surface area contributed by atoms with E-state index in [-0.39, 0.29) is 23.8 Å². The van der Waals surface area contributed by atoms with Crippen molar-refractivity contribution in [1.29, 1.82) is 0 Å². The highest BCUT2D eigenvalue weighted by Crippen LogP contribution is 2.29. The van der Waals surface area contributed by atoms with E-state index in [4.69, 9.17) is 16.3 Å². The number of Topliss-reactive ketones (excluding diaryl/α,β-unsaturated/α-hetero) is 1. The maximum atomic E-state index is 12.9. The highest BCUT2D eigenvalue weighted by molar-refractivity contribution is 6.30. The van der Waals surface area contributed by atoms with Crippen LogP contribution in [0.1, 0.15) is 49.3 Å². The van der Waals surface area contributed by atoms with E-state index in [1.807, 2.05) is 12.1 Å². The zero-order chi connectivity index (χ0) is 22.7. The minimum atomic E-state index is -0.378. The summed E-state index contributed by atoms with van der Waals surface area (Å²) in [6.45, 7) is 9.48. The standard InChI is InChI=1S/C25H36ClN3O3/c1-17-15-28(8-9-29(17)25(31)19-5-3-4-6-19)16-21-12-22(26)11-20(18(21)2)13-23(30)24-14-27-7-10-32-24/h11-12,17,19,24,27H,3-10,13-16H2,1-2H3/t17-,24?/m0/s1. The molecule has 6 nitrogen and oxygen atoms in total. The van der Waals surface area contributed by atoms with Gasteiger partial charge in [-0.15, -0.1) is 0 Å². The average Bonchev–Trinajstić information content (AvgIpc) is 3.32. The largest absolute Gasteiger partial charge is 0.368 e. The van der Waals surface area contributed by atoms with E-state index in [0.29, 0.717) is 30.5 Å². The van der Waals surface area contributed by atoms with Crippen molar-refractivity contribution in [3.8, 4) is 0 Å². The minimum absolute atomic E-state index is 0.0983. The maximum absolute atomic E-state index is 12.9. The quantitative estimate of drug-likeness (QED) is 0.705. The van der Waals surface area contributed by atoms with E-state index in [1.165, 1.54) is 12.8 Å². The molecule has 0 aromatic heterocycles. The summed E-state index contributed by atoms with van der Waals surface area (Å²) in [6.07, 6.45) is 4.44. The van der Waals surface area contributed by atoms with Crippen LogP contribution in [0.25, 0.3) is 0 Å². The number of hydrogen-bond donors (Lipinski definition) is 1. The van der Waals surface area contributed by atoms with Crippen molar-refractivity contribution in [3.05, 3.63) is 33.8 Å². The smallest absolute Gasteiger partial charge is 0.226 e. The molecule has 3 aliphatic rings. The van der Waals surface area contributed by atoms with Crippen molar-refractivity contribution in [2.75, 3.05) is 39.3 Å². The van der Waals surface area contributed by atoms with Crippen molar-refractivity contribution >= 4 is 23.3 Å². The lowest BCUT2D eigenvalue weighted by molar-refractivity contribution is -0.140. The van der Waals surface area contributed by atoms with Crippen LogP contribution in [-0.2, 0) is 27.3 Å². The third kappa shape index (κ3) is 5.53. The summed E-state index contributed by atoms with van der Waals surface area (Å²) in [7, 11) is 0. The first kappa shape index (κ1) is 23.7. The summed E-state index contributed by atoms with van der Waals surface area (Å²) >= 11 is 6.45. The number of ketones is 1. The molecule has 3 fully saturated rings. The van der Waals surface area contributed by atoms with Crippen LogP contribution in [-0.4, -0.2) is 73.0 Å². The van der Waals surface area contributed by atoms with Gasteiger partial charge in [-0.1, -0.05) is 24.4 Å². The zero-order valence-corrected chi connectivity index (χ0v) is 20.1. The molecule has 0 radical (unpaired) electrons. The summed E-state index contributed by atoms with van der Waals surface area (Å²) in [5.74, 6) is 0.692. The fourth-order valence-corrected chi connectivity index (χ4v) is 5.63. The number of benzene rings is 1. The number of morpholine rings is 1.